The predicted molar refractivity (Wildman–Crippen MR) is 43.8 cm³/mol. The maximum absolute atomic E-state index is 10.6. The van der Waals surface area contributed by atoms with E-state index in [1.165, 1.54) is 0 Å². The van der Waals surface area contributed by atoms with Gasteiger partial charge in [0.25, 0.3) is 0 Å². The van der Waals surface area contributed by atoms with Crippen molar-refractivity contribution in [2.75, 3.05) is 6.61 Å². The Balaban J connectivity index is 0. The van der Waals surface area contributed by atoms with E-state index in [0.717, 1.165) is 0 Å². The zero-order valence-electron chi connectivity index (χ0n) is 7.09. The maximum atomic E-state index is 10.6. The monoisotopic (exact) mass is 220 g/mol. The number of carboxylic acid groups (broad SMARTS) is 1. The highest BCUT2D eigenvalue weighted by Crippen LogP contribution is 2.13. The number of alkyl halides is 3. The number of carbonyl (C=O) groups is 1. The molecule has 0 bridgehead atoms. The van der Waals surface area contributed by atoms with E-state index >= 15 is 0 Å². The molecule has 0 heterocycles. The lowest BCUT2D eigenvalue weighted by atomic mass is 10.2. The van der Waals surface area contributed by atoms with Crippen LogP contribution in [0.1, 0.15) is 13.8 Å². The van der Waals surface area contributed by atoms with Crippen molar-refractivity contribution in [3.05, 3.63) is 0 Å². The van der Waals surface area contributed by atoms with E-state index in [2.05, 4.69) is 12.6 Å². The Kier molecular flexibility index (Phi) is 6.18. The van der Waals surface area contributed by atoms with E-state index < -0.39 is 12.1 Å². The second kappa shape index (κ2) is 5.33. The Hall–Kier alpha value is -0.430. The van der Waals surface area contributed by atoms with Gasteiger partial charge in [0, 0.05) is 4.75 Å². The van der Waals surface area contributed by atoms with Crippen LogP contribution >= 0.6 is 12.6 Å². The van der Waals surface area contributed by atoms with E-state index in [1.54, 1.807) is 0 Å². The Bertz CT molecular complexity index is 161. The summed E-state index contributed by atoms with van der Waals surface area (Å²) in [5, 5.41) is 15.5. The minimum Gasteiger partial charge on any atom is -0.475 e. The first-order valence-electron chi connectivity index (χ1n) is 3.14. The molecule has 0 unspecified atom stereocenters. The molecule has 0 amide bonds. The van der Waals surface area contributed by atoms with Gasteiger partial charge in [-0.25, -0.2) is 4.79 Å². The van der Waals surface area contributed by atoms with Crippen LogP contribution in [0.3, 0.4) is 0 Å². The van der Waals surface area contributed by atoms with Crippen molar-refractivity contribution >= 4 is 18.6 Å². The van der Waals surface area contributed by atoms with Crippen LogP contribution in [-0.2, 0) is 4.79 Å². The molecule has 0 aliphatic carbocycles. The summed E-state index contributed by atoms with van der Waals surface area (Å²) in [5.74, 6) is -2.76. The molecule has 0 spiro atoms. The Labute approximate surface area is 79.0 Å². The molecule has 0 fully saturated rings. The topological polar surface area (TPSA) is 57.5 Å². The second-order valence-corrected chi connectivity index (χ2v) is 3.98. The van der Waals surface area contributed by atoms with Gasteiger partial charge in [-0.1, -0.05) is 0 Å². The number of carboxylic acids is 1. The number of thiol groups is 1. The van der Waals surface area contributed by atoms with Crippen molar-refractivity contribution in [3.63, 3.8) is 0 Å². The highest BCUT2D eigenvalue weighted by atomic mass is 32.1. The number of rotatable bonds is 1. The van der Waals surface area contributed by atoms with Gasteiger partial charge in [-0.3, -0.25) is 0 Å². The fourth-order valence-corrected chi connectivity index (χ4v) is 0. The van der Waals surface area contributed by atoms with Crippen LogP contribution in [0, 0.1) is 0 Å². The third-order valence-corrected chi connectivity index (χ3v) is 0.771. The Morgan fingerprint density at radius 3 is 1.54 bits per heavy atom. The zero-order valence-corrected chi connectivity index (χ0v) is 7.99. The smallest absolute Gasteiger partial charge is 0.475 e. The third-order valence-electron chi connectivity index (χ3n) is 0.629. The van der Waals surface area contributed by atoms with E-state index in [-0.39, 0.29) is 11.4 Å². The van der Waals surface area contributed by atoms with Crippen LogP contribution in [-0.4, -0.2) is 33.7 Å². The summed E-state index contributed by atoms with van der Waals surface area (Å²) in [5.41, 5.74) is 0. The molecule has 0 aromatic carbocycles. The molecule has 0 aliphatic rings. The summed E-state index contributed by atoms with van der Waals surface area (Å²) in [6.07, 6.45) is -5.08. The number of aliphatic hydroxyl groups is 1. The van der Waals surface area contributed by atoms with Crippen molar-refractivity contribution in [3.8, 4) is 0 Å². The predicted octanol–water partition coefficient (Wildman–Crippen LogP) is 1.32. The number of aliphatic hydroxyl groups excluding tert-OH is 1. The molecule has 0 saturated heterocycles. The van der Waals surface area contributed by atoms with Gasteiger partial charge >= 0.3 is 12.1 Å². The number of halogens is 3. The van der Waals surface area contributed by atoms with E-state index in [4.69, 9.17) is 15.0 Å². The number of hydrogen-bond donors (Lipinski definition) is 3. The first-order chi connectivity index (χ1) is 5.50. The van der Waals surface area contributed by atoms with Crippen LogP contribution in [0.5, 0.6) is 0 Å². The van der Waals surface area contributed by atoms with Gasteiger partial charge in [-0.2, -0.15) is 25.8 Å². The molecular weight excluding hydrogens is 209 g/mol. The van der Waals surface area contributed by atoms with Gasteiger partial charge < -0.3 is 10.2 Å². The fraction of sp³-hybridized carbons (Fsp3) is 0.833. The van der Waals surface area contributed by atoms with Crippen molar-refractivity contribution < 1.29 is 28.2 Å². The molecule has 3 nitrogen and oxygen atoms in total. The first kappa shape index (κ1) is 15.1. The third kappa shape index (κ3) is 14.4. The fourth-order valence-electron chi connectivity index (χ4n) is 0. The maximum Gasteiger partial charge on any atom is 0.490 e. The zero-order chi connectivity index (χ0) is 11.3. The summed E-state index contributed by atoms with van der Waals surface area (Å²) < 4.78 is 31.5. The van der Waals surface area contributed by atoms with Gasteiger partial charge in [-0.15, -0.1) is 0 Å². The van der Waals surface area contributed by atoms with Crippen LogP contribution in [0.25, 0.3) is 0 Å². The van der Waals surface area contributed by atoms with Crippen LogP contribution < -0.4 is 0 Å². The van der Waals surface area contributed by atoms with Gasteiger partial charge in [-0.05, 0) is 13.8 Å². The quantitative estimate of drug-likeness (QED) is 0.584. The molecule has 7 heteroatoms. The highest BCUT2D eigenvalue weighted by Gasteiger charge is 2.38. The van der Waals surface area contributed by atoms with Crippen molar-refractivity contribution in [1.82, 2.24) is 0 Å². The molecule has 0 atom stereocenters. The van der Waals surface area contributed by atoms with Gasteiger partial charge in [0.2, 0.25) is 0 Å². The molecule has 13 heavy (non-hydrogen) atoms. The minimum absolute atomic E-state index is 0.135. The SMILES string of the molecule is CC(C)(S)CO.O=C(O)C(F)(F)F. The molecule has 0 aromatic heterocycles. The number of aliphatic carboxylic acids is 1. The van der Waals surface area contributed by atoms with Gasteiger partial charge in [0.1, 0.15) is 0 Å². The van der Waals surface area contributed by atoms with Crippen molar-refractivity contribution in [2.45, 2.75) is 24.8 Å². The summed E-state index contributed by atoms with van der Waals surface area (Å²) in [7, 11) is 0. The van der Waals surface area contributed by atoms with Crippen LogP contribution in [0.4, 0.5) is 13.2 Å². The normalized spacial score (nSPS) is 11.6. The summed E-state index contributed by atoms with van der Waals surface area (Å²) in [6, 6.07) is 0. The molecule has 0 saturated carbocycles. The summed E-state index contributed by atoms with van der Waals surface area (Å²) >= 11 is 4.00. The average Bonchev–Trinajstić information content (AvgIpc) is 1.85. The number of hydrogen-bond acceptors (Lipinski definition) is 3. The average molecular weight is 220 g/mol. The van der Waals surface area contributed by atoms with Crippen molar-refractivity contribution in [1.29, 1.82) is 0 Å². The second-order valence-electron chi connectivity index (χ2n) is 2.77. The molecule has 80 valence electrons. The molecule has 0 rings (SSSR count). The van der Waals surface area contributed by atoms with E-state index in [9.17, 15) is 13.2 Å². The van der Waals surface area contributed by atoms with Gasteiger partial charge in [0.05, 0.1) is 6.61 Å². The molecule has 0 aliphatic heterocycles. The van der Waals surface area contributed by atoms with E-state index in [1.807, 2.05) is 13.8 Å². The Morgan fingerprint density at radius 1 is 1.38 bits per heavy atom. The lowest BCUT2D eigenvalue weighted by Gasteiger charge is -2.10. The van der Waals surface area contributed by atoms with Crippen LogP contribution in [0.15, 0.2) is 0 Å². The summed E-state index contributed by atoms with van der Waals surface area (Å²) in [6.45, 7) is 3.85. The highest BCUT2D eigenvalue weighted by molar-refractivity contribution is 7.81. The lowest BCUT2D eigenvalue weighted by molar-refractivity contribution is -0.192. The Morgan fingerprint density at radius 2 is 1.54 bits per heavy atom. The van der Waals surface area contributed by atoms with Crippen LogP contribution in [0.2, 0.25) is 0 Å². The van der Waals surface area contributed by atoms with Gasteiger partial charge in [0.15, 0.2) is 0 Å². The molecular formula is C6H11F3O3S. The molecule has 0 radical (unpaired) electrons. The largest absolute Gasteiger partial charge is 0.490 e. The first-order valence-corrected chi connectivity index (χ1v) is 3.59. The van der Waals surface area contributed by atoms with Crippen molar-refractivity contribution in [2.24, 2.45) is 0 Å². The van der Waals surface area contributed by atoms with E-state index in [0.29, 0.717) is 0 Å². The minimum atomic E-state index is -5.08. The summed E-state index contributed by atoms with van der Waals surface area (Å²) in [4.78, 5) is 8.90. The lowest BCUT2D eigenvalue weighted by Crippen LogP contribution is -2.21. The molecule has 2 N–H and O–H groups in total. The molecule has 0 aromatic rings. The standard InChI is InChI=1S/C4H10OS.C2HF3O2/c1-4(2,6)3-5;3-2(4,5)1(6)7/h5-6H,3H2,1-2H3;(H,6,7).